The predicted octanol–water partition coefficient (Wildman–Crippen LogP) is 4.07. The summed E-state index contributed by atoms with van der Waals surface area (Å²) in [5, 5.41) is 0. The zero-order valence-corrected chi connectivity index (χ0v) is 17.4. The van der Waals surface area contributed by atoms with Gasteiger partial charge >= 0.3 is 22.0 Å². The second-order valence-corrected chi connectivity index (χ2v) is 7.10. The highest BCUT2D eigenvalue weighted by atomic mass is 19.1. The maximum Gasteiger partial charge on any atom is 0.615 e. The summed E-state index contributed by atoms with van der Waals surface area (Å²) in [5.74, 6) is -1.22. The molecule has 3 aromatic rings. The van der Waals surface area contributed by atoms with Crippen molar-refractivity contribution in [2.45, 2.75) is 19.8 Å². The molecule has 0 spiro atoms. The van der Waals surface area contributed by atoms with Gasteiger partial charge in [-0.15, -0.1) is 0 Å². The average molecular weight is 456 g/mol. The summed E-state index contributed by atoms with van der Waals surface area (Å²) < 4.78 is 73.3. The van der Waals surface area contributed by atoms with E-state index in [1.54, 1.807) is 36.4 Å². The van der Waals surface area contributed by atoms with Gasteiger partial charge in [0.25, 0.3) is 0 Å². The second-order valence-electron chi connectivity index (χ2n) is 7.10. The van der Waals surface area contributed by atoms with Crippen LogP contribution >= 0.6 is 0 Å². The van der Waals surface area contributed by atoms with Gasteiger partial charge in [-0.3, -0.25) is 0 Å². The summed E-state index contributed by atoms with van der Waals surface area (Å²) >= 11 is 0. The molecule has 1 fully saturated rings. The Labute approximate surface area is 190 Å². The van der Waals surface area contributed by atoms with Crippen molar-refractivity contribution in [3.8, 4) is 0 Å². The Balaban J connectivity index is 1.37. The van der Waals surface area contributed by atoms with Crippen LogP contribution in [0.3, 0.4) is 0 Å². The van der Waals surface area contributed by atoms with Gasteiger partial charge in [-0.2, -0.15) is 0 Å². The van der Waals surface area contributed by atoms with E-state index in [-0.39, 0.29) is 19.8 Å². The number of halogens is 3. The van der Waals surface area contributed by atoms with E-state index in [1.165, 1.54) is 36.4 Å². The minimum absolute atomic E-state index is 0.0182. The largest absolute Gasteiger partial charge is 0.615 e. The third kappa shape index (κ3) is 7.46. The molecule has 0 aliphatic carbocycles. The van der Waals surface area contributed by atoms with Crippen molar-refractivity contribution in [1.29, 1.82) is 0 Å². The quantitative estimate of drug-likeness (QED) is 0.453. The minimum Gasteiger partial charge on any atom is -0.400 e. The van der Waals surface area contributed by atoms with Gasteiger partial charge in [-0.1, -0.05) is 36.4 Å². The third-order valence-electron chi connectivity index (χ3n) is 4.49. The topological polar surface area (TPSA) is 55.4 Å². The van der Waals surface area contributed by atoms with Gasteiger partial charge in [0, 0.05) is 0 Å². The Bertz CT molecular complexity index is 925. The van der Waals surface area contributed by atoms with Crippen molar-refractivity contribution in [3.63, 3.8) is 0 Å². The predicted molar refractivity (Wildman–Crippen MR) is 114 cm³/mol. The van der Waals surface area contributed by atoms with Crippen LogP contribution in [0.5, 0.6) is 0 Å². The molecule has 0 amide bonds. The average Bonchev–Trinajstić information content (AvgIpc) is 2.80. The van der Waals surface area contributed by atoms with Crippen LogP contribution in [0, 0.1) is 17.5 Å². The fourth-order valence-electron chi connectivity index (χ4n) is 2.98. The SMILES string of the molecule is Fc1cccc(COB2OB(OCc3cccc(F)c3)OB(OCc3cccc(F)c3)O2)c1. The van der Waals surface area contributed by atoms with Gasteiger partial charge in [0.2, 0.25) is 0 Å². The fourth-order valence-corrected chi connectivity index (χ4v) is 2.98. The molecule has 0 bridgehead atoms. The molecule has 3 aromatic carbocycles. The van der Waals surface area contributed by atoms with E-state index in [4.69, 9.17) is 27.7 Å². The van der Waals surface area contributed by atoms with Crippen LogP contribution in [0.1, 0.15) is 16.7 Å². The van der Waals surface area contributed by atoms with Crippen molar-refractivity contribution in [1.82, 2.24) is 0 Å². The first kappa shape index (κ1) is 23.6. The smallest absolute Gasteiger partial charge is 0.400 e. The molecule has 168 valence electrons. The molecule has 1 aliphatic rings. The lowest BCUT2D eigenvalue weighted by Crippen LogP contribution is -2.52. The fraction of sp³-hybridized carbons (Fsp3) is 0.143. The molecule has 0 unspecified atom stereocenters. The van der Waals surface area contributed by atoms with Crippen molar-refractivity contribution >= 4 is 22.0 Å². The van der Waals surface area contributed by atoms with Crippen LogP contribution in [-0.2, 0) is 47.5 Å². The van der Waals surface area contributed by atoms with Crippen LogP contribution in [0.2, 0.25) is 0 Å². The van der Waals surface area contributed by atoms with Crippen LogP contribution < -0.4 is 0 Å². The summed E-state index contributed by atoms with van der Waals surface area (Å²) in [7, 11) is -3.80. The summed E-state index contributed by atoms with van der Waals surface area (Å²) in [4.78, 5) is 0. The molecule has 1 heterocycles. The van der Waals surface area contributed by atoms with Gasteiger partial charge in [0.05, 0.1) is 19.8 Å². The Morgan fingerprint density at radius 1 is 0.515 bits per heavy atom. The maximum absolute atomic E-state index is 13.4. The summed E-state index contributed by atoms with van der Waals surface area (Å²) in [5.41, 5.74) is 1.68. The van der Waals surface area contributed by atoms with E-state index in [0.29, 0.717) is 16.7 Å². The van der Waals surface area contributed by atoms with Crippen LogP contribution in [0.15, 0.2) is 72.8 Å². The molecular weight excluding hydrogens is 438 g/mol. The van der Waals surface area contributed by atoms with E-state index in [1.807, 2.05) is 0 Å². The Hall–Kier alpha value is -2.60. The molecule has 0 saturated carbocycles. The third-order valence-corrected chi connectivity index (χ3v) is 4.49. The van der Waals surface area contributed by atoms with Gasteiger partial charge in [0.15, 0.2) is 0 Å². The zero-order valence-electron chi connectivity index (χ0n) is 17.4. The highest BCUT2D eigenvalue weighted by Crippen LogP contribution is 2.17. The molecule has 0 aromatic heterocycles. The Kier molecular flexibility index (Phi) is 8.22. The van der Waals surface area contributed by atoms with Crippen molar-refractivity contribution in [2.75, 3.05) is 0 Å². The number of hydrogen-bond donors (Lipinski definition) is 0. The molecule has 1 aliphatic heterocycles. The minimum atomic E-state index is -1.27. The molecular formula is C21H18B3F3O6. The first-order chi connectivity index (χ1) is 16.0. The van der Waals surface area contributed by atoms with E-state index in [9.17, 15) is 13.2 Å². The van der Waals surface area contributed by atoms with Gasteiger partial charge < -0.3 is 27.7 Å². The summed E-state index contributed by atoms with van der Waals surface area (Å²) in [6.07, 6.45) is 0. The standard InChI is InChI=1S/C21H18B3F3O6/c25-19-7-1-4-16(10-19)13-28-22-31-23(29-14-17-5-2-8-20(26)11-17)33-24(32-22)30-15-18-6-3-9-21(27)12-18/h1-12H,13-15H2. The molecule has 33 heavy (non-hydrogen) atoms. The van der Waals surface area contributed by atoms with Gasteiger partial charge in [-0.05, 0) is 53.1 Å². The lowest BCUT2D eigenvalue weighted by atomic mass is 9.96. The number of rotatable bonds is 9. The van der Waals surface area contributed by atoms with Crippen LogP contribution in [0.25, 0.3) is 0 Å². The van der Waals surface area contributed by atoms with Crippen LogP contribution in [-0.4, -0.2) is 22.0 Å². The number of benzene rings is 3. The van der Waals surface area contributed by atoms with Crippen molar-refractivity contribution in [3.05, 3.63) is 107 Å². The van der Waals surface area contributed by atoms with Gasteiger partial charge in [0.1, 0.15) is 17.5 Å². The molecule has 1 saturated heterocycles. The molecule has 0 N–H and O–H groups in total. The summed E-state index contributed by atoms with van der Waals surface area (Å²) in [6, 6.07) is 17.6. The lowest BCUT2D eigenvalue weighted by Gasteiger charge is -2.28. The molecule has 12 heteroatoms. The van der Waals surface area contributed by atoms with E-state index in [2.05, 4.69) is 0 Å². The highest BCUT2D eigenvalue weighted by Gasteiger charge is 2.46. The van der Waals surface area contributed by atoms with Crippen molar-refractivity contribution in [2.24, 2.45) is 0 Å². The molecule has 0 radical (unpaired) electrons. The number of hydrogen-bond acceptors (Lipinski definition) is 6. The van der Waals surface area contributed by atoms with E-state index < -0.39 is 39.4 Å². The Morgan fingerprint density at radius 3 is 1.09 bits per heavy atom. The monoisotopic (exact) mass is 456 g/mol. The Morgan fingerprint density at radius 2 is 0.818 bits per heavy atom. The van der Waals surface area contributed by atoms with E-state index in [0.717, 1.165) is 0 Å². The summed E-state index contributed by atoms with van der Waals surface area (Å²) in [6.45, 7) is -0.0546. The molecule has 4 rings (SSSR count). The first-order valence-corrected chi connectivity index (χ1v) is 10.1. The maximum atomic E-state index is 13.4. The lowest BCUT2D eigenvalue weighted by molar-refractivity contribution is 0.0582. The first-order valence-electron chi connectivity index (χ1n) is 10.1. The zero-order chi connectivity index (χ0) is 23.0. The highest BCUT2D eigenvalue weighted by molar-refractivity contribution is 6.66. The van der Waals surface area contributed by atoms with E-state index >= 15 is 0 Å². The van der Waals surface area contributed by atoms with Crippen molar-refractivity contribution < 1.29 is 40.8 Å². The second kappa shape index (κ2) is 11.5. The molecule has 6 nitrogen and oxygen atoms in total. The van der Waals surface area contributed by atoms with Gasteiger partial charge in [-0.25, -0.2) is 13.2 Å². The molecule has 0 atom stereocenters. The normalized spacial score (nSPS) is 14.1. The van der Waals surface area contributed by atoms with Crippen LogP contribution in [0.4, 0.5) is 13.2 Å².